The maximum atomic E-state index is 6.06. The van der Waals surface area contributed by atoms with Crippen LogP contribution in [0, 0.1) is 11.8 Å². The van der Waals surface area contributed by atoms with Crippen LogP contribution in [0.5, 0.6) is 0 Å². The monoisotopic (exact) mass is 275 g/mol. The van der Waals surface area contributed by atoms with Crippen molar-refractivity contribution in [1.29, 1.82) is 0 Å². The van der Waals surface area contributed by atoms with Crippen molar-refractivity contribution in [3.63, 3.8) is 0 Å². The van der Waals surface area contributed by atoms with Gasteiger partial charge in [0.05, 0.1) is 0 Å². The van der Waals surface area contributed by atoms with Crippen molar-refractivity contribution in [2.24, 2.45) is 17.6 Å². The second kappa shape index (κ2) is 6.59. The van der Waals surface area contributed by atoms with E-state index < -0.39 is 0 Å². The van der Waals surface area contributed by atoms with E-state index in [9.17, 15) is 0 Å². The van der Waals surface area contributed by atoms with Gasteiger partial charge >= 0.3 is 0 Å². The van der Waals surface area contributed by atoms with Gasteiger partial charge in [0.15, 0.2) is 0 Å². The molecule has 2 N–H and O–H groups in total. The quantitative estimate of drug-likeness (QED) is 0.917. The Kier molecular flexibility index (Phi) is 5.06. The first-order valence-electron chi connectivity index (χ1n) is 7.74. The van der Waals surface area contributed by atoms with Gasteiger partial charge in [-0.05, 0) is 42.5 Å². The number of hydrogen-bond acceptors (Lipinski definition) is 3. The van der Waals surface area contributed by atoms with E-state index in [1.807, 2.05) is 0 Å². The van der Waals surface area contributed by atoms with Crippen LogP contribution in [-0.2, 0) is 0 Å². The molecule has 0 aliphatic carbocycles. The first kappa shape index (κ1) is 15.3. The summed E-state index contributed by atoms with van der Waals surface area (Å²) in [5, 5.41) is 0. The molecule has 1 saturated heterocycles. The lowest BCUT2D eigenvalue weighted by Gasteiger charge is -2.40. The van der Waals surface area contributed by atoms with Crippen LogP contribution in [0.3, 0.4) is 0 Å². The molecule has 0 amide bonds. The first-order valence-corrected chi connectivity index (χ1v) is 7.74. The third-order valence-corrected chi connectivity index (χ3v) is 4.82. The highest BCUT2D eigenvalue weighted by Crippen LogP contribution is 2.30. The summed E-state index contributed by atoms with van der Waals surface area (Å²) in [6, 6.07) is 9.20. The summed E-state index contributed by atoms with van der Waals surface area (Å²) in [7, 11) is 4.15. The minimum absolute atomic E-state index is 0.362. The Hall–Kier alpha value is -1.06. The van der Waals surface area contributed by atoms with E-state index in [1.54, 1.807) is 0 Å². The summed E-state index contributed by atoms with van der Waals surface area (Å²) >= 11 is 0. The van der Waals surface area contributed by atoms with Crippen LogP contribution in [-0.4, -0.2) is 38.6 Å². The molecule has 1 fully saturated rings. The summed E-state index contributed by atoms with van der Waals surface area (Å²) < 4.78 is 0. The normalized spacial score (nSPS) is 25.4. The molecule has 1 aliphatic rings. The third-order valence-electron chi connectivity index (χ3n) is 4.82. The van der Waals surface area contributed by atoms with E-state index in [0.29, 0.717) is 12.6 Å². The number of nitrogens with two attached hydrogens (primary N) is 1. The first-order chi connectivity index (χ1) is 9.52. The van der Waals surface area contributed by atoms with Crippen molar-refractivity contribution in [3.8, 4) is 0 Å². The number of benzene rings is 1. The number of rotatable bonds is 4. The van der Waals surface area contributed by atoms with Gasteiger partial charge in [0, 0.05) is 38.9 Å². The molecule has 1 aromatic rings. The fourth-order valence-electron chi connectivity index (χ4n) is 3.07. The average molecular weight is 275 g/mol. The minimum atomic E-state index is 0.362. The second-order valence-corrected chi connectivity index (χ2v) is 6.48. The molecule has 1 heterocycles. The highest BCUT2D eigenvalue weighted by Gasteiger charge is 2.27. The van der Waals surface area contributed by atoms with Crippen LogP contribution in [0.15, 0.2) is 24.3 Å². The smallest absolute Gasteiger partial charge is 0.0470 e. The molecule has 1 aliphatic heterocycles. The van der Waals surface area contributed by atoms with E-state index in [2.05, 4.69) is 62.0 Å². The van der Waals surface area contributed by atoms with Gasteiger partial charge in [0.1, 0.15) is 0 Å². The Morgan fingerprint density at radius 1 is 1.20 bits per heavy atom. The predicted molar refractivity (Wildman–Crippen MR) is 87.1 cm³/mol. The topological polar surface area (TPSA) is 32.5 Å². The summed E-state index contributed by atoms with van der Waals surface area (Å²) in [5.41, 5.74) is 8.65. The van der Waals surface area contributed by atoms with Crippen LogP contribution in [0.1, 0.15) is 31.9 Å². The van der Waals surface area contributed by atoms with E-state index >= 15 is 0 Å². The minimum Gasteiger partial charge on any atom is -0.378 e. The summed E-state index contributed by atoms with van der Waals surface area (Å²) in [6.07, 6.45) is 1.29. The fourth-order valence-corrected chi connectivity index (χ4v) is 3.07. The Balaban J connectivity index is 2.11. The van der Waals surface area contributed by atoms with Gasteiger partial charge in [-0.3, -0.25) is 4.90 Å². The zero-order chi connectivity index (χ0) is 14.7. The van der Waals surface area contributed by atoms with Crippen molar-refractivity contribution >= 4 is 5.69 Å². The molecular weight excluding hydrogens is 246 g/mol. The van der Waals surface area contributed by atoms with E-state index in [0.717, 1.165) is 11.8 Å². The van der Waals surface area contributed by atoms with Crippen LogP contribution in [0.25, 0.3) is 0 Å². The molecule has 3 unspecified atom stereocenters. The van der Waals surface area contributed by atoms with Crippen molar-refractivity contribution in [2.45, 2.75) is 26.3 Å². The SMILES string of the molecule is CC1CCN(C(CN)c2ccc(N(C)C)cc2)CC1C. The van der Waals surface area contributed by atoms with Gasteiger partial charge in [0.25, 0.3) is 0 Å². The molecule has 20 heavy (non-hydrogen) atoms. The second-order valence-electron chi connectivity index (χ2n) is 6.48. The molecule has 3 heteroatoms. The number of hydrogen-bond donors (Lipinski definition) is 1. The van der Waals surface area contributed by atoms with Crippen LogP contribution in [0.2, 0.25) is 0 Å². The summed E-state index contributed by atoms with van der Waals surface area (Å²) in [4.78, 5) is 4.70. The summed E-state index contributed by atoms with van der Waals surface area (Å²) in [5.74, 6) is 1.60. The van der Waals surface area contributed by atoms with Gasteiger partial charge in [-0.2, -0.15) is 0 Å². The number of nitrogens with zero attached hydrogens (tertiary/aromatic N) is 2. The van der Waals surface area contributed by atoms with Gasteiger partial charge in [-0.1, -0.05) is 26.0 Å². The highest BCUT2D eigenvalue weighted by atomic mass is 15.2. The standard InChI is InChI=1S/C17H29N3/c1-13-9-10-20(12-14(13)2)17(11-18)15-5-7-16(8-6-15)19(3)4/h5-8,13-14,17H,9-12,18H2,1-4H3. The van der Waals surface area contributed by atoms with Gasteiger partial charge in [-0.25, -0.2) is 0 Å². The van der Waals surface area contributed by atoms with Gasteiger partial charge in [0.2, 0.25) is 0 Å². The van der Waals surface area contributed by atoms with Crippen LogP contribution >= 0.6 is 0 Å². The molecule has 2 rings (SSSR count). The molecule has 0 spiro atoms. The largest absolute Gasteiger partial charge is 0.378 e. The summed E-state index contributed by atoms with van der Waals surface area (Å²) in [6.45, 7) is 7.76. The lowest BCUT2D eigenvalue weighted by Crippen LogP contribution is -2.43. The molecule has 112 valence electrons. The molecule has 0 radical (unpaired) electrons. The maximum absolute atomic E-state index is 6.06. The molecule has 3 atom stereocenters. The van der Waals surface area contributed by atoms with Crippen LogP contribution < -0.4 is 10.6 Å². The lowest BCUT2D eigenvalue weighted by molar-refractivity contribution is 0.0983. The molecule has 0 aromatic heterocycles. The predicted octanol–water partition coefficient (Wildman–Crippen LogP) is 2.73. The molecule has 3 nitrogen and oxygen atoms in total. The Morgan fingerprint density at radius 3 is 2.35 bits per heavy atom. The van der Waals surface area contributed by atoms with Crippen molar-refractivity contribution < 1.29 is 0 Å². The van der Waals surface area contributed by atoms with E-state index in [-0.39, 0.29) is 0 Å². The van der Waals surface area contributed by atoms with Crippen molar-refractivity contribution in [1.82, 2.24) is 4.90 Å². The Morgan fingerprint density at radius 2 is 1.85 bits per heavy atom. The highest BCUT2D eigenvalue weighted by molar-refractivity contribution is 5.46. The molecule has 1 aromatic carbocycles. The average Bonchev–Trinajstić information content (AvgIpc) is 2.44. The number of piperidine rings is 1. The zero-order valence-electron chi connectivity index (χ0n) is 13.3. The van der Waals surface area contributed by atoms with Crippen LogP contribution in [0.4, 0.5) is 5.69 Å². The molecular formula is C17H29N3. The van der Waals surface area contributed by atoms with Gasteiger partial charge < -0.3 is 10.6 Å². The van der Waals surface area contributed by atoms with Gasteiger partial charge in [-0.15, -0.1) is 0 Å². The number of anilines is 1. The zero-order valence-corrected chi connectivity index (χ0v) is 13.3. The van der Waals surface area contributed by atoms with E-state index in [1.165, 1.54) is 30.8 Å². The maximum Gasteiger partial charge on any atom is 0.0470 e. The van der Waals surface area contributed by atoms with Crippen molar-refractivity contribution in [2.75, 3.05) is 38.6 Å². The lowest BCUT2D eigenvalue weighted by atomic mass is 9.87. The van der Waals surface area contributed by atoms with E-state index in [4.69, 9.17) is 5.73 Å². The van der Waals surface area contributed by atoms with Crippen molar-refractivity contribution in [3.05, 3.63) is 29.8 Å². The third kappa shape index (κ3) is 3.33. The Labute approximate surface area is 123 Å². The number of likely N-dealkylation sites (tertiary alicyclic amines) is 1. The molecule has 0 saturated carbocycles. The molecule has 0 bridgehead atoms. The fraction of sp³-hybridized carbons (Fsp3) is 0.647. The Bertz CT molecular complexity index is 413.